The first-order chi connectivity index (χ1) is 10.1. The number of nitro benzene ring substituents is 1. The molecule has 0 spiro atoms. The van der Waals surface area contributed by atoms with Crippen molar-refractivity contribution >= 4 is 34.2 Å². The third-order valence-corrected chi connectivity index (χ3v) is 3.91. The smallest absolute Gasteiger partial charge is 0.274 e. The number of nitro groups is 1. The SMILES string of the molecule is O=[N+]([O-])c1cc(Br)cc(OCCCCCCCCCS)c1. The molecule has 0 saturated heterocycles. The van der Waals surface area contributed by atoms with Gasteiger partial charge in [-0.3, -0.25) is 10.1 Å². The summed E-state index contributed by atoms with van der Waals surface area (Å²) in [6.07, 6.45) is 8.34. The number of unbranched alkanes of at least 4 members (excludes halogenated alkanes) is 6. The van der Waals surface area contributed by atoms with Gasteiger partial charge in [-0.15, -0.1) is 0 Å². The predicted molar refractivity (Wildman–Crippen MR) is 92.5 cm³/mol. The lowest BCUT2D eigenvalue weighted by Gasteiger charge is -2.06. The molecule has 4 nitrogen and oxygen atoms in total. The summed E-state index contributed by atoms with van der Waals surface area (Å²) in [5.74, 6) is 1.52. The first kappa shape index (κ1) is 18.3. The summed E-state index contributed by atoms with van der Waals surface area (Å²) in [7, 11) is 0. The molecule has 0 aliphatic rings. The highest BCUT2D eigenvalue weighted by molar-refractivity contribution is 9.10. The quantitative estimate of drug-likeness (QED) is 0.244. The van der Waals surface area contributed by atoms with Gasteiger partial charge in [-0.1, -0.05) is 48.0 Å². The average molecular weight is 376 g/mol. The fourth-order valence-corrected chi connectivity index (χ4v) is 2.71. The average Bonchev–Trinajstić information content (AvgIpc) is 2.45. The van der Waals surface area contributed by atoms with Gasteiger partial charge in [0.1, 0.15) is 5.75 Å². The second-order valence-electron chi connectivity index (χ2n) is 4.95. The largest absolute Gasteiger partial charge is 0.493 e. The topological polar surface area (TPSA) is 52.4 Å². The lowest BCUT2D eigenvalue weighted by atomic mass is 10.1. The molecule has 0 fully saturated rings. The maximum atomic E-state index is 10.8. The van der Waals surface area contributed by atoms with Crippen molar-refractivity contribution in [2.75, 3.05) is 12.4 Å². The minimum absolute atomic E-state index is 0.0450. The molecule has 0 atom stereocenters. The Bertz CT molecular complexity index is 443. The van der Waals surface area contributed by atoms with Gasteiger partial charge >= 0.3 is 0 Å². The molecule has 0 amide bonds. The van der Waals surface area contributed by atoms with Crippen LogP contribution in [0.4, 0.5) is 5.69 Å². The highest BCUT2D eigenvalue weighted by Gasteiger charge is 2.09. The van der Waals surface area contributed by atoms with Gasteiger partial charge < -0.3 is 4.74 Å². The van der Waals surface area contributed by atoms with E-state index in [1.165, 1.54) is 44.2 Å². The van der Waals surface area contributed by atoms with Crippen LogP contribution in [0.15, 0.2) is 22.7 Å². The Balaban J connectivity index is 2.17. The molecule has 1 aromatic rings. The van der Waals surface area contributed by atoms with Crippen molar-refractivity contribution in [3.05, 3.63) is 32.8 Å². The van der Waals surface area contributed by atoms with Crippen LogP contribution >= 0.6 is 28.6 Å². The third-order valence-electron chi connectivity index (χ3n) is 3.14. The number of nitrogens with zero attached hydrogens (tertiary/aromatic N) is 1. The molecule has 0 bridgehead atoms. The van der Waals surface area contributed by atoms with Crippen molar-refractivity contribution in [1.82, 2.24) is 0 Å². The van der Waals surface area contributed by atoms with Crippen LogP contribution in [0, 0.1) is 10.1 Å². The minimum Gasteiger partial charge on any atom is -0.493 e. The number of thiol groups is 1. The number of ether oxygens (including phenoxy) is 1. The van der Waals surface area contributed by atoms with Crippen LogP contribution in [0.1, 0.15) is 44.9 Å². The van der Waals surface area contributed by atoms with Gasteiger partial charge in [0.25, 0.3) is 5.69 Å². The normalized spacial score (nSPS) is 10.6. The van der Waals surface area contributed by atoms with Crippen LogP contribution in [-0.2, 0) is 0 Å². The summed E-state index contributed by atoms with van der Waals surface area (Å²) < 4.78 is 6.24. The summed E-state index contributed by atoms with van der Waals surface area (Å²) in [5, 5.41) is 10.8. The van der Waals surface area contributed by atoms with Crippen molar-refractivity contribution < 1.29 is 9.66 Å². The summed E-state index contributed by atoms with van der Waals surface area (Å²) >= 11 is 7.45. The molecule has 0 N–H and O–H groups in total. The van der Waals surface area contributed by atoms with Crippen molar-refractivity contribution in [2.45, 2.75) is 44.9 Å². The summed E-state index contributed by atoms with van der Waals surface area (Å²) in [4.78, 5) is 10.3. The van der Waals surface area contributed by atoms with E-state index in [1.54, 1.807) is 6.07 Å². The Kier molecular flexibility index (Phi) is 9.50. The number of halogens is 1. The summed E-state index contributed by atoms with van der Waals surface area (Å²) in [6.45, 7) is 0.601. The van der Waals surface area contributed by atoms with E-state index in [0.717, 1.165) is 18.6 Å². The molecule has 0 unspecified atom stereocenters. The highest BCUT2D eigenvalue weighted by Crippen LogP contribution is 2.26. The Morgan fingerprint density at radius 2 is 1.67 bits per heavy atom. The number of benzene rings is 1. The van der Waals surface area contributed by atoms with Crippen LogP contribution in [-0.4, -0.2) is 17.3 Å². The third kappa shape index (κ3) is 8.31. The van der Waals surface area contributed by atoms with Gasteiger partial charge in [0.2, 0.25) is 0 Å². The zero-order valence-electron chi connectivity index (χ0n) is 12.1. The Morgan fingerprint density at radius 1 is 1.05 bits per heavy atom. The van der Waals surface area contributed by atoms with Crippen LogP contribution in [0.25, 0.3) is 0 Å². The Morgan fingerprint density at radius 3 is 2.29 bits per heavy atom. The van der Waals surface area contributed by atoms with Crippen LogP contribution in [0.3, 0.4) is 0 Å². The fourth-order valence-electron chi connectivity index (χ4n) is 2.02. The van der Waals surface area contributed by atoms with Gasteiger partial charge in [0.15, 0.2) is 0 Å². The maximum Gasteiger partial charge on any atom is 0.274 e. The summed E-state index contributed by atoms with van der Waals surface area (Å²) in [6, 6.07) is 4.68. The number of non-ortho nitro benzene ring substituents is 1. The molecular weight excluding hydrogens is 354 g/mol. The van der Waals surface area contributed by atoms with Crippen molar-refractivity contribution in [3.63, 3.8) is 0 Å². The van der Waals surface area contributed by atoms with Gasteiger partial charge in [-0.05, 0) is 24.7 Å². The van der Waals surface area contributed by atoms with E-state index in [0.29, 0.717) is 16.8 Å². The predicted octanol–water partition coefficient (Wildman–Crippen LogP) is 5.40. The van der Waals surface area contributed by atoms with Crippen LogP contribution in [0.5, 0.6) is 5.75 Å². The Labute approximate surface area is 140 Å². The van der Waals surface area contributed by atoms with Gasteiger partial charge in [-0.2, -0.15) is 12.6 Å². The van der Waals surface area contributed by atoms with E-state index in [4.69, 9.17) is 4.74 Å². The molecule has 1 aromatic carbocycles. The zero-order valence-corrected chi connectivity index (χ0v) is 14.6. The molecular formula is C15H22BrNO3S. The molecule has 0 heterocycles. The van der Waals surface area contributed by atoms with E-state index in [9.17, 15) is 10.1 Å². The van der Waals surface area contributed by atoms with E-state index >= 15 is 0 Å². The fraction of sp³-hybridized carbons (Fsp3) is 0.600. The van der Waals surface area contributed by atoms with Crippen LogP contribution in [0.2, 0.25) is 0 Å². The Hall–Kier alpha value is -0.750. The lowest BCUT2D eigenvalue weighted by molar-refractivity contribution is -0.385. The highest BCUT2D eigenvalue weighted by atomic mass is 79.9. The zero-order chi connectivity index (χ0) is 15.5. The van der Waals surface area contributed by atoms with Crippen LogP contribution < -0.4 is 4.74 Å². The van der Waals surface area contributed by atoms with E-state index in [2.05, 4.69) is 28.6 Å². The molecule has 0 saturated carbocycles. The van der Waals surface area contributed by atoms with Crippen molar-refractivity contribution in [1.29, 1.82) is 0 Å². The second-order valence-corrected chi connectivity index (χ2v) is 6.31. The monoisotopic (exact) mass is 375 g/mol. The molecule has 118 valence electrons. The number of hydrogen-bond donors (Lipinski definition) is 1. The number of hydrogen-bond acceptors (Lipinski definition) is 4. The van der Waals surface area contributed by atoms with Gasteiger partial charge in [0.05, 0.1) is 17.6 Å². The first-order valence-electron chi connectivity index (χ1n) is 7.32. The molecule has 1 rings (SSSR count). The molecule has 0 aliphatic carbocycles. The van der Waals surface area contributed by atoms with Gasteiger partial charge in [-0.25, -0.2) is 0 Å². The second kappa shape index (κ2) is 10.9. The first-order valence-corrected chi connectivity index (χ1v) is 8.74. The van der Waals surface area contributed by atoms with E-state index in [-0.39, 0.29) is 5.69 Å². The molecule has 0 aromatic heterocycles. The molecule has 0 aliphatic heterocycles. The van der Waals surface area contributed by atoms with E-state index < -0.39 is 4.92 Å². The molecule has 0 radical (unpaired) electrons. The summed E-state index contributed by atoms with van der Waals surface area (Å²) in [5.41, 5.74) is 0.0450. The standard InChI is InChI=1S/C15H22BrNO3S/c16-13-10-14(17(18)19)12-15(11-13)20-8-6-4-2-1-3-5-7-9-21/h10-12,21H,1-9H2. The van der Waals surface area contributed by atoms with Gasteiger partial charge in [0, 0.05) is 10.5 Å². The van der Waals surface area contributed by atoms with Crippen molar-refractivity contribution in [2.24, 2.45) is 0 Å². The van der Waals surface area contributed by atoms with Crippen molar-refractivity contribution in [3.8, 4) is 5.75 Å². The minimum atomic E-state index is -0.414. The molecule has 6 heteroatoms. The molecule has 21 heavy (non-hydrogen) atoms. The van der Waals surface area contributed by atoms with E-state index in [1.807, 2.05) is 0 Å². The maximum absolute atomic E-state index is 10.8. The number of rotatable bonds is 11. The lowest BCUT2D eigenvalue weighted by Crippen LogP contribution is -1.98.